The monoisotopic (exact) mass is 542 g/mol. The van der Waals surface area contributed by atoms with Gasteiger partial charge < -0.3 is 29.7 Å². The summed E-state index contributed by atoms with van der Waals surface area (Å²) in [4.78, 5) is 6.48. The molecule has 0 amide bonds. The van der Waals surface area contributed by atoms with Crippen molar-refractivity contribution in [2.45, 2.75) is 13.1 Å². The van der Waals surface area contributed by atoms with Gasteiger partial charge in [-0.2, -0.15) is 0 Å². The van der Waals surface area contributed by atoms with E-state index in [1.54, 1.807) is 21.3 Å². The zero-order valence-corrected chi connectivity index (χ0v) is 21.2. The molecule has 8 heteroatoms. The Balaban J connectivity index is 0.00000480. The molecule has 0 heterocycles. The van der Waals surface area contributed by atoms with Gasteiger partial charge in [0.25, 0.3) is 0 Å². The van der Waals surface area contributed by atoms with E-state index >= 15 is 0 Å². The molecule has 2 aromatic rings. The summed E-state index contributed by atoms with van der Waals surface area (Å²) >= 11 is 0. The average molecular weight is 542 g/mol. The van der Waals surface area contributed by atoms with E-state index in [0.717, 1.165) is 48.3 Å². The normalized spacial score (nSPS) is 11.1. The second-order valence-electron chi connectivity index (χ2n) is 6.92. The number of likely N-dealkylation sites (N-methyl/N-ethyl adjacent to an activating group) is 1. The first-order valence-electron chi connectivity index (χ1n) is 10.1. The smallest absolute Gasteiger partial charge is 0.191 e. The molecule has 0 aliphatic carbocycles. The van der Waals surface area contributed by atoms with Gasteiger partial charge in [-0.3, -0.25) is 4.99 Å². The average Bonchev–Trinajstić information content (AvgIpc) is 2.78. The summed E-state index contributed by atoms with van der Waals surface area (Å²) in [5.74, 6) is 2.46. The maximum atomic E-state index is 5.89. The highest BCUT2D eigenvalue weighted by molar-refractivity contribution is 14.0. The second-order valence-corrected chi connectivity index (χ2v) is 6.92. The lowest BCUT2D eigenvalue weighted by Crippen LogP contribution is -2.36. The molecular weight excluding hydrogens is 507 g/mol. The van der Waals surface area contributed by atoms with Gasteiger partial charge in [-0.15, -0.1) is 24.0 Å². The predicted octanol–water partition coefficient (Wildman–Crippen LogP) is 3.14. The van der Waals surface area contributed by atoms with Crippen LogP contribution < -0.4 is 20.1 Å². The van der Waals surface area contributed by atoms with Crippen LogP contribution in [0.5, 0.6) is 11.5 Å². The Morgan fingerprint density at radius 3 is 2.06 bits per heavy atom. The van der Waals surface area contributed by atoms with Crippen molar-refractivity contribution in [1.82, 2.24) is 15.5 Å². The lowest BCUT2D eigenvalue weighted by atomic mass is 10.2. The van der Waals surface area contributed by atoms with Crippen molar-refractivity contribution < 1.29 is 14.2 Å². The van der Waals surface area contributed by atoms with Crippen molar-refractivity contribution in [3.05, 3.63) is 59.7 Å². The number of guanidine groups is 1. The van der Waals surface area contributed by atoms with Gasteiger partial charge in [0, 0.05) is 40.3 Å². The van der Waals surface area contributed by atoms with Crippen molar-refractivity contribution in [2.24, 2.45) is 4.99 Å². The quantitative estimate of drug-likeness (QED) is 0.244. The molecule has 0 spiro atoms. The summed E-state index contributed by atoms with van der Waals surface area (Å²) in [5, 5.41) is 6.66. The number of rotatable bonds is 12. The largest absolute Gasteiger partial charge is 0.497 e. The lowest BCUT2D eigenvalue weighted by molar-refractivity contribution is 0.150. The van der Waals surface area contributed by atoms with E-state index in [9.17, 15) is 0 Å². The molecule has 0 aliphatic rings. The second kappa shape index (κ2) is 15.7. The number of hydrogen-bond donors (Lipinski definition) is 2. The highest BCUT2D eigenvalue weighted by Gasteiger charge is 2.03. The van der Waals surface area contributed by atoms with Crippen LogP contribution in [0, 0.1) is 0 Å². The van der Waals surface area contributed by atoms with Gasteiger partial charge in [0.2, 0.25) is 0 Å². The third-order valence-corrected chi connectivity index (χ3v) is 4.59. The molecule has 0 saturated carbocycles. The Kier molecular flexibility index (Phi) is 13.7. The molecule has 0 saturated heterocycles. The Morgan fingerprint density at radius 2 is 1.48 bits per heavy atom. The van der Waals surface area contributed by atoms with Crippen LogP contribution in [0.3, 0.4) is 0 Å². The molecular formula is C23H35IN4O3. The minimum atomic E-state index is 0. The van der Waals surface area contributed by atoms with Crippen molar-refractivity contribution >= 4 is 29.9 Å². The topological polar surface area (TPSA) is 67.4 Å². The maximum absolute atomic E-state index is 5.89. The molecule has 0 unspecified atom stereocenters. The van der Waals surface area contributed by atoms with Crippen LogP contribution in [0.2, 0.25) is 0 Å². The number of halogens is 1. The number of benzene rings is 2. The number of aliphatic imine (C=N–C) groups is 1. The van der Waals surface area contributed by atoms with E-state index in [2.05, 4.69) is 45.8 Å². The first-order valence-corrected chi connectivity index (χ1v) is 10.1. The van der Waals surface area contributed by atoms with Gasteiger partial charge in [0.1, 0.15) is 18.1 Å². The molecule has 0 aliphatic heterocycles. The van der Waals surface area contributed by atoms with Crippen LogP contribution in [0.1, 0.15) is 11.1 Å². The van der Waals surface area contributed by atoms with Crippen LogP contribution in [-0.4, -0.2) is 65.5 Å². The lowest BCUT2D eigenvalue weighted by Gasteiger charge is -2.16. The fraction of sp³-hybridized carbons (Fsp3) is 0.435. The zero-order valence-electron chi connectivity index (χ0n) is 18.9. The molecule has 172 valence electrons. The highest BCUT2D eigenvalue weighted by Crippen LogP contribution is 2.14. The van der Waals surface area contributed by atoms with Crippen LogP contribution in [0.4, 0.5) is 0 Å². The first-order chi connectivity index (χ1) is 14.6. The number of ether oxygens (including phenoxy) is 3. The Labute approximate surface area is 203 Å². The van der Waals surface area contributed by atoms with E-state index in [0.29, 0.717) is 19.7 Å². The molecule has 31 heavy (non-hydrogen) atoms. The summed E-state index contributed by atoms with van der Waals surface area (Å²) in [7, 11) is 7.21. The van der Waals surface area contributed by atoms with Crippen molar-refractivity contribution in [3.63, 3.8) is 0 Å². The number of methoxy groups -OCH3 is 2. The van der Waals surface area contributed by atoms with Crippen LogP contribution in [0.15, 0.2) is 53.5 Å². The van der Waals surface area contributed by atoms with Crippen molar-refractivity contribution in [3.8, 4) is 11.5 Å². The number of hydrogen-bond acceptors (Lipinski definition) is 5. The summed E-state index contributed by atoms with van der Waals surface area (Å²) in [6.45, 7) is 4.43. The van der Waals surface area contributed by atoms with Gasteiger partial charge in [-0.25, -0.2) is 0 Å². The van der Waals surface area contributed by atoms with Gasteiger partial charge >= 0.3 is 0 Å². The molecule has 2 rings (SSSR count). The summed E-state index contributed by atoms with van der Waals surface area (Å²) in [6, 6.07) is 16.1. The third-order valence-electron chi connectivity index (χ3n) is 4.59. The Morgan fingerprint density at radius 1 is 0.903 bits per heavy atom. The van der Waals surface area contributed by atoms with Crippen LogP contribution >= 0.6 is 24.0 Å². The fourth-order valence-corrected chi connectivity index (χ4v) is 2.80. The molecule has 2 N–H and O–H groups in total. The Hall–Kier alpha value is -2.04. The zero-order chi connectivity index (χ0) is 21.6. The van der Waals surface area contributed by atoms with Gasteiger partial charge in [0.15, 0.2) is 5.96 Å². The van der Waals surface area contributed by atoms with Crippen molar-refractivity contribution in [2.75, 3.05) is 54.6 Å². The van der Waals surface area contributed by atoms with Crippen LogP contribution in [-0.2, 0) is 17.8 Å². The Bertz CT molecular complexity index is 789. The number of nitrogens with one attached hydrogen (secondary N) is 2. The maximum Gasteiger partial charge on any atom is 0.191 e. The van der Waals surface area contributed by atoms with E-state index in [4.69, 9.17) is 14.2 Å². The third kappa shape index (κ3) is 10.7. The first kappa shape index (κ1) is 27.0. The van der Waals surface area contributed by atoms with Crippen LogP contribution in [0.25, 0.3) is 0 Å². The SMILES string of the molecule is CN=C(NCc1cccc(OC)c1)NCc1cccc(OCCN(C)CCOC)c1.I. The summed E-state index contributed by atoms with van der Waals surface area (Å²) in [6.07, 6.45) is 0. The highest BCUT2D eigenvalue weighted by atomic mass is 127. The van der Waals surface area contributed by atoms with Gasteiger partial charge in [-0.1, -0.05) is 24.3 Å². The van der Waals surface area contributed by atoms with E-state index in [1.165, 1.54) is 0 Å². The van der Waals surface area contributed by atoms with Crippen molar-refractivity contribution in [1.29, 1.82) is 0 Å². The molecule has 0 radical (unpaired) electrons. The minimum Gasteiger partial charge on any atom is -0.497 e. The van der Waals surface area contributed by atoms with Gasteiger partial charge in [0.05, 0.1) is 13.7 Å². The molecule has 7 nitrogen and oxygen atoms in total. The standard InChI is InChI=1S/C23H34N4O3.HI/c1-24-23(25-17-19-7-5-9-21(15-19)29-4)26-18-20-8-6-10-22(16-20)30-14-12-27(2)11-13-28-3;/h5-10,15-16H,11-14,17-18H2,1-4H3,(H2,24,25,26);1H. The predicted molar refractivity (Wildman–Crippen MR) is 137 cm³/mol. The number of nitrogens with zero attached hydrogens (tertiary/aromatic N) is 2. The minimum absolute atomic E-state index is 0. The van der Waals surface area contributed by atoms with E-state index in [1.807, 2.05) is 30.3 Å². The molecule has 0 aromatic heterocycles. The van der Waals surface area contributed by atoms with E-state index in [-0.39, 0.29) is 24.0 Å². The molecule has 0 fully saturated rings. The van der Waals surface area contributed by atoms with E-state index < -0.39 is 0 Å². The summed E-state index contributed by atoms with van der Waals surface area (Å²) < 4.78 is 16.2. The molecule has 0 atom stereocenters. The van der Waals surface area contributed by atoms with Gasteiger partial charge in [-0.05, 0) is 42.4 Å². The molecule has 2 aromatic carbocycles. The fourth-order valence-electron chi connectivity index (χ4n) is 2.80. The molecule has 0 bridgehead atoms. The summed E-state index contributed by atoms with van der Waals surface area (Å²) in [5.41, 5.74) is 2.26.